The van der Waals surface area contributed by atoms with Crippen LogP contribution in [0.5, 0.6) is 5.75 Å². The summed E-state index contributed by atoms with van der Waals surface area (Å²) in [4.78, 5) is 21.5. The number of hydrogen-bond donors (Lipinski definition) is 0. The van der Waals surface area contributed by atoms with Gasteiger partial charge in [-0.1, -0.05) is 40.2 Å². The molecule has 0 N–H and O–H groups in total. The third kappa shape index (κ3) is 4.95. The van der Waals surface area contributed by atoms with Crippen LogP contribution in [0.4, 0.5) is 5.82 Å². The fourth-order valence-corrected chi connectivity index (χ4v) is 3.76. The van der Waals surface area contributed by atoms with Gasteiger partial charge in [0.25, 0.3) is 5.91 Å². The van der Waals surface area contributed by atoms with Crippen LogP contribution in [0, 0.1) is 0 Å². The first-order valence-electron chi connectivity index (χ1n) is 9.61. The molecule has 5 nitrogen and oxygen atoms in total. The van der Waals surface area contributed by atoms with Gasteiger partial charge in [-0.25, -0.2) is 4.98 Å². The maximum atomic E-state index is 13.0. The lowest BCUT2D eigenvalue weighted by Gasteiger charge is -2.35. The van der Waals surface area contributed by atoms with Gasteiger partial charge in [-0.3, -0.25) is 4.79 Å². The van der Waals surface area contributed by atoms with Gasteiger partial charge in [0.1, 0.15) is 18.2 Å². The molecule has 1 fully saturated rings. The molecule has 0 radical (unpaired) electrons. The van der Waals surface area contributed by atoms with Crippen LogP contribution >= 0.6 is 15.9 Å². The van der Waals surface area contributed by atoms with Crippen molar-refractivity contribution in [3.8, 4) is 5.75 Å². The van der Waals surface area contributed by atoms with Gasteiger partial charge in [-0.05, 0) is 48.0 Å². The summed E-state index contributed by atoms with van der Waals surface area (Å²) in [5, 5.41) is 0. The third-order valence-corrected chi connectivity index (χ3v) is 5.41. The summed E-state index contributed by atoms with van der Waals surface area (Å²) in [6.45, 7) is 3.37. The van der Waals surface area contributed by atoms with Crippen LogP contribution in [-0.4, -0.2) is 42.0 Å². The van der Waals surface area contributed by atoms with E-state index in [2.05, 4.69) is 25.8 Å². The number of pyridine rings is 1. The van der Waals surface area contributed by atoms with Gasteiger partial charge in [0, 0.05) is 42.4 Å². The Labute approximate surface area is 179 Å². The van der Waals surface area contributed by atoms with Gasteiger partial charge in [-0.15, -0.1) is 0 Å². The number of halogens is 1. The van der Waals surface area contributed by atoms with Gasteiger partial charge in [0.05, 0.1) is 0 Å². The number of anilines is 1. The SMILES string of the molecule is O=C(c1cccc(COc2cccc(Br)c2)c1)N1CCN(c2ccccn2)CC1. The number of carbonyl (C=O) groups excluding carboxylic acids is 1. The molecule has 4 rings (SSSR count). The minimum absolute atomic E-state index is 0.0648. The summed E-state index contributed by atoms with van der Waals surface area (Å²) >= 11 is 3.44. The number of amides is 1. The number of ether oxygens (including phenoxy) is 1. The molecule has 1 amide bonds. The molecule has 6 heteroatoms. The van der Waals surface area contributed by atoms with Crippen molar-refractivity contribution in [2.24, 2.45) is 0 Å². The van der Waals surface area contributed by atoms with Gasteiger partial charge in [0.2, 0.25) is 0 Å². The lowest BCUT2D eigenvalue weighted by atomic mass is 10.1. The third-order valence-electron chi connectivity index (χ3n) is 4.92. The molecule has 0 bridgehead atoms. The van der Waals surface area contributed by atoms with Crippen molar-refractivity contribution in [2.75, 3.05) is 31.1 Å². The highest BCUT2D eigenvalue weighted by Gasteiger charge is 2.22. The van der Waals surface area contributed by atoms with E-state index in [9.17, 15) is 4.79 Å². The number of benzene rings is 2. The van der Waals surface area contributed by atoms with E-state index in [-0.39, 0.29) is 5.91 Å². The van der Waals surface area contributed by atoms with Crippen LogP contribution in [0.25, 0.3) is 0 Å². The van der Waals surface area contributed by atoms with Crippen molar-refractivity contribution < 1.29 is 9.53 Å². The second-order valence-corrected chi connectivity index (χ2v) is 7.83. The minimum atomic E-state index is 0.0648. The van der Waals surface area contributed by atoms with E-state index >= 15 is 0 Å². The van der Waals surface area contributed by atoms with Gasteiger partial charge >= 0.3 is 0 Å². The average Bonchev–Trinajstić information content (AvgIpc) is 2.78. The summed E-state index contributed by atoms with van der Waals surface area (Å²) in [6.07, 6.45) is 1.80. The number of aromatic nitrogens is 1. The molecular formula is C23H22BrN3O2. The highest BCUT2D eigenvalue weighted by Crippen LogP contribution is 2.20. The van der Waals surface area contributed by atoms with E-state index in [0.29, 0.717) is 25.3 Å². The summed E-state index contributed by atoms with van der Waals surface area (Å²) in [5.74, 6) is 1.82. The van der Waals surface area contributed by atoms with Crippen molar-refractivity contribution in [1.82, 2.24) is 9.88 Å². The first kappa shape index (κ1) is 19.5. The predicted molar refractivity (Wildman–Crippen MR) is 117 cm³/mol. The molecule has 148 valence electrons. The van der Waals surface area contributed by atoms with Crippen molar-refractivity contribution in [2.45, 2.75) is 6.61 Å². The lowest BCUT2D eigenvalue weighted by Crippen LogP contribution is -2.49. The van der Waals surface area contributed by atoms with Crippen molar-refractivity contribution in [3.63, 3.8) is 0 Å². The number of hydrogen-bond acceptors (Lipinski definition) is 4. The maximum Gasteiger partial charge on any atom is 0.253 e. The van der Waals surface area contributed by atoms with E-state index < -0.39 is 0 Å². The second-order valence-electron chi connectivity index (χ2n) is 6.91. The topological polar surface area (TPSA) is 45.7 Å². The van der Waals surface area contributed by atoms with Crippen molar-refractivity contribution >= 4 is 27.7 Å². The second kappa shape index (κ2) is 9.09. The van der Waals surface area contributed by atoms with Crippen molar-refractivity contribution in [1.29, 1.82) is 0 Å². The Bertz CT molecular complexity index is 973. The summed E-state index contributed by atoms with van der Waals surface area (Å²) in [5.41, 5.74) is 1.68. The predicted octanol–water partition coefficient (Wildman–Crippen LogP) is 4.39. The molecule has 1 saturated heterocycles. The Kier molecular flexibility index (Phi) is 6.10. The van der Waals surface area contributed by atoms with Gasteiger partial charge in [-0.2, -0.15) is 0 Å². The first-order valence-corrected chi connectivity index (χ1v) is 10.4. The molecule has 0 atom stereocenters. The van der Waals surface area contributed by atoms with E-state index in [1.165, 1.54) is 0 Å². The van der Waals surface area contributed by atoms with E-state index in [0.717, 1.165) is 34.7 Å². The molecule has 0 saturated carbocycles. The minimum Gasteiger partial charge on any atom is -0.489 e. The Morgan fingerprint density at radius 2 is 1.79 bits per heavy atom. The highest BCUT2D eigenvalue weighted by atomic mass is 79.9. The molecule has 2 heterocycles. The van der Waals surface area contributed by atoms with Crippen molar-refractivity contribution in [3.05, 3.63) is 88.5 Å². The standard InChI is InChI=1S/C23H22BrN3O2/c24-20-7-4-8-21(16-20)29-17-18-5-3-6-19(15-18)23(28)27-13-11-26(12-14-27)22-9-1-2-10-25-22/h1-10,15-16H,11-14,17H2. The Morgan fingerprint density at radius 3 is 2.55 bits per heavy atom. The fourth-order valence-electron chi connectivity index (χ4n) is 3.38. The molecular weight excluding hydrogens is 430 g/mol. The molecule has 29 heavy (non-hydrogen) atoms. The quantitative estimate of drug-likeness (QED) is 0.577. The number of carbonyl (C=O) groups is 1. The molecule has 1 aliphatic heterocycles. The molecule has 3 aromatic rings. The molecule has 0 spiro atoms. The van der Waals surface area contributed by atoms with E-state index in [1.807, 2.05) is 71.6 Å². The summed E-state index contributed by atoms with van der Waals surface area (Å²) in [7, 11) is 0. The van der Waals surface area contributed by atoms with Gasteiger partial charge < -0.3 is 14.5 Å². The number of piperazine rings is 1. The number of rotatable bonds is 5. The molecule has 2 aromatic carbocycles. The monoisotopic (exact) mass is 451 g/mol. The first-order chi connectivity index (χ1) is 14.2. The van der Waals surface area contributed by atoms with Crippen LogP contribution in [-0.2, 0) is 6.61 Å². The highest BCUT2D eigenvalue weighted by molar-refractivity contribution is 9.10. The Hall–Kier alpha value is -2.86. The lowest BCUT2D eigenvalue weighted by molar-refractivity contribution is 0.0746. The fraction of sp³-hybridized carbons (Fsp3) is 0.217. The Morgan fingerprint density at radius 1 is 0.966 bits per heavy atom. The molecule has 1 aliphatic rings. The Balaban J connectivity index is 1.36. The van der Waals surface area contributed by atoms with Crippen LogP contribution in [0.15, 0.2) is 77.4 Å². The van der Waals surface area contributed by atoms with Crippen LogP contribution in [0.2, 0.25) is 0 Å². The average molecular weight is 452 g/mol. The zero-order valence-electron chi connectivity index (χ0n) is 16.0. The zero-order chi connectivity index (χ0) is 20.1. The smallest absolute Gasteiger partial charge is 0.253 e. The van der Waals surface area contributed by atoms with E-state index in [1.54, 1.807) is 6.20 Å². The molecule has 0 unspecified atom stereocenters. The van der Waals surface area contributed by atoms with E-state index in [4.69, 9.17) is 4.74 Å². The maximum absolute atomic E-state index is 13.0. The van der Waals surface area contributed by atoms with Gasteiger partial charge in [0.15, 0.2) is 0 Å². The molecule has 0 aliphatic carbocycles. The van der Waals surface area contributed by atoms with Crippen LogP contribution in [0.1, 0.15) is 15.9 Å². The van der Waals surface area contributed by atoms with Crippen LogP contribution in [0.3, 0.4) is 0 Å². The largest absolute Gasteiger partial charge is 0.489 e. The van der Waals surface area contributed by atoms with Crippen LogP contribution < -0.4 is 9.64 Å². The summed E-state index contributed by atoms with van der Waals surface area (Å²) in [6, 6.07) is 21.3. The normalized spacial score (nSPS) is 14.0. The number of nitrogens with zero attached hydrogens (tertiary/aromatic N) is 3. The summed E-state index contributed by atoms with van der Waals surface area (Å²) < 4.78 is 6.82. The molecule has 1 aromatic heterocycles. The zero-order valence-corrected chi connectivity index (χ0v) is 17.6.